The Balaban J connectivity index is 1.99. The lowest BCUT2D eigenvalue weighted by Crippen LogP contribution is -1.95. The van der Waals surface area contributed by atoms with E-state index in [2.05, 4.69) is 4.98 Å². The summed E-state index contributed by atoms with van der Waals surface area (Å²) in [6, 6.07) is 5.95. The van der Waals surface area contributed by atoms with Crippen LogP contribution in [0.4, 0.5) is 4.39 Å². The van der Waals surface area contributed by atoms with E-state index in [4.69, 9.17) is 4.74 Å². The van der Waals surface area contributed by atoms with Crippen LogP contribution in [0.3, 0.4) is 0 Å². The molecule has 0 fully saturated rings. The number of aryl methyl sites for hydroxylation is 2. The van der Waals surface area contributed by atoms with Gasteiger partial charge in [0.25, 0.3) is 0 Å². The van der Waals surface area contributed by atoms with Gasteiger partial charge >= 0.3 is 0 Å². The summed E-state index contributed by atoms with van der Waals surface area (Å²) in [4.78, 5) is 4.31. The highest BCUT2D eigenvalue weighted by Crippen LogP contribution is 2.13. The predicted octanol–water partition coefficient (Wildman–Crippen LogP) is 2.45. The average molecular weight is 220 g/mol. The van der Waals surface area contributed by atoms with Gasteiger partial charge in [0.1, 0.15) is 24.0 Å². The molecule has 16 heavy (non-hydrogen) atoms. The van der Waals surface area contributed by atoms with Crippen LogP contribution in [0.1, 0.15) is 11.5 Å². The summed E-state index contributed by atoms with van der Waals surface area (Å²) in [7, 11) is 1.93. The molecule has 0 N–H and O–H groups in total. The van der Waals surface area contributed by atoms with Crippen molar-refractivity contribution in [3.05, 3.63) is 47.8 Å². The van der Waals surface area contributed by atoms with Crippen molar-refractivity contribution in [2.45, 2.75) is 13.5 Å². The molecule has 0 aliphatic rings. The third-order valence-corrected chi connectivity index (χ3v) is 2.36. The van der Waals surface area contributed by atoms with Gasteiger partial charge in [-0.2, -0.15) is 0 Å². The first-order valence-electron chi connectivity index (χ1n) is 5.02. The minimum Gasteiger partial charge on any atom is -0.487 e. The molecule has 2 rings (SSSR count). The molecule has 1 heterocycles. The summed E-state index contributed by atoms with van der Waals surface area (Å²) >= 11 is 0. The van der Waals surface area contributed by atoms with Gasteiger partial charge in [0.15, 0.2) is 0 Å². The molecule has 0 unspecified atom stereocenters. The number of rotatable bonds is 3. The van der Waals surface area contributed by atoms with Crippen molar-refractivity contribution in [2.75, 3.05) is 0 Å². The van der Waals surface area contributed by atoms with Gasteiger partial charge in [-0.3, -0.25) is 0 Å². The predicted molar refractivity (Wildman–Crippen MR) is 58.7 cm³/mol. The molecule has 0 saturated carbocycles. The van der Waals surface area contributed by atoms with Crippen molar-refractivity contribution < 1.29 is 9.13 Å². The van der Waals surface area contributed by atoms with Crippen molar-refractivity contribution in [3.63, 3.8) is 0 Å². The molecular weight excluding hydrogens is 207 g/mol. The van der Waals surface area contributed by atoms with Gasteiger partial charge in [0.2, 0.25) is 0 Å². The number of nitrogens with zero attached hydrogens (tertiary/aromatic N) is 2. The number of hydrogen-bond acceptors (Lipinski definition) is 2. The maximum atomic E-state index is 12.6. The summed E-state index contributed by atoms with van der Waals surface area (Å²) in [5.41, 5.74) is 0.865. The van der Waals surface area contributed by atoms with Crippen molar-refractivity contribution in [1.82, 2.24) is 9.55 Å². The zero-order valence-electron chi connectivity index (χ0n) is 9.27. The number of halogens is 1. The number of aromatic nitrogens is 2. The zero-order valence-corrected chi connectivity index (χ0v) is 9.27. The molecule has 1 aromatic heterocycles. The number of imidazole rings is 1. The van der Waals surface area contributed by atoms with E-state index in [0.717, 1.165) is 11.5 Å². The maximum absolute atomic E-state index is 12.6. The number of benzene rings is 1. The number of hydrogen-bond donors (Lipinski definition) is 0. The summed E-state index contributed by atoms with van der Waals surface area (Å²) in [6.07, 6.45) is 1.92. The van der Waals surface area contributed by atoms with Crippen molar-refractivity contribution in [1.29, 1.82) is 0 Å². The average Bonchev–Trinajstić information content (AvgIpc) is 2.58. The summed E-state index contributed by atoms with van der Waals surface area (Å²) in [5, 5.41) is 0. The van der Waals surface area contributed by atoms with Crippen LogP contribution in [0.2, 0.25) is 0 Å². The molecule has 0 atom stereocenters. The first-order valence-corrected chi connectivity index (χ1v) is 5.02. The number of ether oxygens (including phenoxy) is 1. The third-order valence-electron chi connectivity index (χ3n) is 2.36. The molecule has 1 aromatic carbocycles. The fourth-order valence-corrected chi connectivity index (χ4v) is 1.39. The lowest BCUT2D eigenvalue weighted by atomic mass is 10.3. The van der Waals surface area contributed by atoms with Gasteiger partial charge in [-0.15, -0.1) is 0 Å². The molecule has 0 spiro atoms. The van der Waals surface area contributed by atoms with Crippen LogP contribution in [0.5, 0.6) is 5.75 Å². The quantitative estimate of drug-likeness (QED) is 0.794. The third kappa shape index (κ3) is 2.39. The van der Waals surface area contributed by atoms with E-state index in [1.807, 2.05) is 24.7 Å². The Morgan fingerprint density at radius 1 is 1.31 bits per heavy atom. The van der Waals surface area contributed by atoms with Crippen LogP contribution in [0, 0.1) is 12.7 Å². The Hall–Kier alpha value is -1.84. The molecule has 0 aliphatic heterocycles. The Kier molecular flexibility index (Phi) is 2.90. The lowest BCUT2D eigenvalue weighted by Gasteiger charge is -2.03. The zero-order chi connectivity index (χ0) is 11.5. The van der Waals surface area contributed by atoms with Crippen molar-refractivity contribution in [3.8, 4) is 5.75 Å². The topological polar surface area (TPSA) is 27.1 Å². The first-order chi connectivity index (χ1) is 7.65. The first kappa shape index (κ1) is 10.7. The van der Waals surface area contributed by atoms with Gasteiger partial charge in [-0.25, -0.2) is 9.37 Å². The van der Waals surface area contributed by atoms with Crippen LogP contribution in [-0.2, 0) is 13.7 Å². The van der Waals surface area contributed by atoms with Crippen LogP contribution in [0.15, 0.2) is 30.5 Å². The van der Waals surface area contributed by atoms with E-state index < -0.39 is 0 Å². The molecule has 0 aliphatic carbocycles. The summed E-state index contributed by atoms with van der Waals surface area (Å²) in [6.45, 7) is 2.33. The van der Waals surface area contributed by atoms with Gasteiger partial charge in [-0.1, -0.05) is 0 Å². The van der Waals surface area contributed by atoms with Crippen LogP contribution in [-0.4, -0.2) is 9.55 Å². The van der Waals surface area contributed by atoms with E-state index in [0.29, 0.717) is 12.4 Å². The van der Waals surface area contributed by atoms with Crippen molar-refractivity contribution in [2.24, 2.45) is 7.05 Å². The minimum absolute atomic E-state index is 0.263. The molecule has 84 valence electrons. The Labute approximate surface area is 93.5 Å². The summed E-state index contributed by atoms with van der Waals surface area (Å²) < 4.78 is 20.0. The second-order valence-corrected chi connectivity index (χ2v) is 3.63. The van der Waals surface area contributed by atoms with Crippen molar-refractivity contribution >= 4 is 0 Å². The van der Waals surface area contributed by atoms with E-state index in [1.165, 1.54) is 12.1 Å². The van der Waals surface area contributed by atoms with Gasteiger partial charge in [0, 0.05) is 13.2 Å². The fourth-order valence-electron chi connectivity index (χ4n) is 1.39. The standard InChI is InChI=1S/C12H13FN2O/c1-9-14-11(7-15(9)2)8-16-12-5-3-10(13)4-6-12/h3-7H,8H2,1-2H3. The van der Waals surface area contributed by atoms with Gasteiger partial charge < -0.3 is 9.30 Å². The second-order valence-electron chi connectivity index (χ2n) is 3.63. The SMILES string of the molecule is Cc1nc(COc2ccc(F)cc2)cn1C. The van der Waals surface area contributed by atoms with E-state index in [1.54, 1.807) is 12.1 Å². The fraction of sp³-hybridized carbons (Fsp3) is 0.250. The monoisotopic (exact) mass is 220 g/mol. The van der Waals surface area contributed by atoms with Gasteiger partial charge in [-0.05, 0) is 31.2 Å². The largest absolute Gasteiger partial charge is 0.487 e. The molecule has 4 heteroatoms. The van der Waals surface area contributed by atoms with E-state index in [-0.39, 0.29) is 5.82 Å². The minimum atomic E-state index is -0.263. The molecule has 0 amide bonds. The maximum Gasteiger partial charge on any atom is 0.132 e. The lowest BCUT2D eigenvalue weighted by molar-refractivity contribution is 0.301. The Bertz CT molecular complexity index is 457. The highest BCUT2D eigenvalue weighted by atomic mass is 19.1. The second kappa shape index (κ2) is 4.35. The smallest absolute Gasteiger partial charge is 0.132 e. The molecule has 2 aromatic rings. The highest BCUT2D eigenvalue weighted by Gasteiger charge is 2.02. The molecule has 0 bridgehead atoms. The summed E-state index contributed by atoms with van der Waals surface area (Å²) in [5.74, 6) is 1.32. The molecular formula is C12H13FN2O. The molecule has 3 nitrogen and oxygen atoms in total. The van der Waals surface area contributed by atoms with Crippen LogP contribution >= 0.6 is 0 Å². The molecule has 0 saturated heterocycles. The highest BCUT2D eigenvalue weighted by molar-refractivity contribution is 5.22. The normalized spacial score (nSPS) is 10.4. The van der Waals surface area contributed by atoms with E-state index in [9.17, 15) is 4.39 Å². The Morgan fingerprint density at radius 2 is 2.00 bits per heavy atom. The van der Waals surface area contributed by atoms with E-state index >= 15 is 0 Å². The molecule has 0 radical (unpaired) electrons. The Morgan fingerprint density at radius 3 is 2.56 bits per heavy atom. The van der Waals surface area contributed by atoms with Crippen LogP contribution < -0.4 is 4.74 Å². The van der Waals surface area contributed by atoms with Gasteiger partial charge in [0.05, 0.1) is 5.69 Å². The van der Waals surface area contributed by atoms with Crippen LogP contribution in [0.25, 0.3) is 0 Å².